The van der Waals surface area contributed by atoms with E-state index in [0.717, 1.165) is 44.9 Å². The largest absolute Gasteiger partial charge is 0.497 e. The van der Waals surface area contributed by atoms with E-state index in [1.807, 2.05) is 12.1 Å². The number of nitrogens with one attached hydrogen (secondary N) is 1. The van der Waals surface area contributed by atoms with Crippen molar-refractivity contribution in [3.63, 3.8) is 0 Å². The van der Waals surface area contributed by atoms with Crippen molar-refractivity contribution in [1.29, 1.82) is 0 Å². The van der Waals surface area contributed by atoms with Crippen LogP contribution < -0.4 is 14.5 Å². The Bertz CT molecular complexity index is 709. The Morgan fingerprint density at radius 1 is 1.14 bits per heavy atom. The molecule has 3 fully saturated rings. The zero-order valence-electron chi connectivity index (χ0n) is 18.0. The Labute approximate surface area is 169 Å². The molecular weight excluding hydrogens is 350 g/mol. The van der Waals surface area contributed by atoms with Gasteiger partial charge in [0.2, 0.25) is 0 Å². The maximum Gasteiger partial charge on any atom is 0.278 e. The van der Waals surface area contributed by atoms with Crippen molar-refractivity contribution in [1.82, 2.24) is 4.90 Å². The molecule has 0 spiro atoms. The van der Waals surface area contributed by atoms with E-state index < -0.39 is 0 Å². The summed E-state index contributed by atoms with van der Waals surface area (Å²) < 4.78 is 5.25. The quantitative estimate of drug-likeness (QED) is 0.858. The topological polar surface area (TPSA) is 37.2 Å². The molecule has 5 heteroatoms. The lowest BCUT2D eigenvalue weighted by Gasteiger charge is -2.39. The fraction of sp³-hybridized carbons (Fsp3) is 0.696. The van der Waals surface area contributed by atoms with Gasteiger partial charge in [0.1, 0.15) is 5.75 Å². The first kappa shape index (κ1) is 19.6. The predicted octanol–water partition coefficient (Wildman–Crippen LogP) is 1.83. The van der Waals surface area contributed by atoms with E-state index in [4.69, 9.17) is 4.74 Å². The summed E-state index contributed by atoms with van der Waals surface area (Å²) in [7, 11) is 1.70. The monoisotopic (exact) mass is 386 g/mol. The average Bonchev–Trinajstić information content (AvgIpc) is 2.91. The van der Waals surface area contributed by atoms with Crippen LogP contribution in [0.5, 0.6) is 5.75 Å². The number of fused-ring (bicyclic) bond motifs is 2. The molecule has 0 aromatic heterocycles. The van der Waals surface area contributed by atoms with E-state index in [9.17, 15) is 4.79 Å². The van der Waals surface area contributed by atoms with Gasteiger partial charge >= 0.3 is 0 Å². The Morgan fingerprint density at radius 2 is 1.82 bits per heavy atom. The number of anilines is 1. The summed E-state index contributed by atoms with van der Waals surface area (Å²) in [5.41, 5.74) is 1.93. The number of piperazine rings is 1. The molecule has 28 heavy (non-hydrogen) atoms. The highest BCUT2D eigenvalue weighted by molar-refractivity contribution is 5.78. The Kier molecular flexibility index (Phi) is 5.07. The molecule has 0 unspecified atom stereocenters. The average molecular weight is 387 g/mol. The lowest BCUT2D eigenvalue weighted by Crippen LogP contribution is -3.16. The number of methoxy groups -OCH3 is 1. The van der Waals surface area contributed by atoms with Gasteiger partial charge in [-0.05, 0) is 54.4 Å². The molecule has 4 rings (SSSR count). The molecule has 1 amide bonds. The molecule has 2 heterocycles. The van der Waals surface area contributed by atoms with E-state index in [1.54, 1.807) is 7.11 Å². The van der Waals surface area contributed by atoms with E-state index in [1.165, 1.54) is 23.4 Å². The molecule has 1 aromatic carbocycles. The van der Waals surface area contributed by atoms with Crippen LogP contribution in [-0.4, -0.2) is 63.2 Å². The fourth-order valence-electron chi connectivity index (χ4n) is 6.12. The number of ether oxygens (including phenoxy) is 1. The number of likely N-dealkylation sites (tertiary alicyclic amines) is 1. The lowest BCUT2D eigenvalue weighted by atomic mass is 9.65. The van der Waals surface area contributed by atoms with Crippen LogP contribution in [0.4, 0.5) is 5.69 Å². The smallest absolute Gasteiger partial charge is 0.278 e. The van der Waals surface area contributed by atoms with Crippen LogP contribution in [-0.2, 0) is 4.79 Å². The summed E-state index contributed by atoms with van der Waals surface area (Å²) >= 11 is 0. The Balaban J connectivity index is 1.31. The second-order valence-corrected chi connectivity index (χ2v) is 10.3. The number of carbonyl (C=O) groups excluding carboxylic acids is 1. The third-order valence-corrected chi connectivity index (χ3v) is 7.04. The number of carbonyl (C=O) groups is 1. The molecule has 1 aromatic rings. The third-order valence-electron chi connectivity index (χ3n) is 7.04. The molecule has 2 atom stereocenters. The standard InChI is InChI=1S/C23H35N3O2/c1-22(2)13-19-14-23(3,16-22)17-26(19)21(27)15-24-9-11-25(12-10-24)18-5-7-20(28-4)8-6-18/h5-8,19H,9-17H2,1-4H3/p+1/t19-,23-/m0/s1. The van der Waals surface area contributed by atoms with Gasteiger partial charge in [-0.25, -0.2) is 0 Å². The van der Waals surface area contributed by atoms with E-state index in [-0.39, 0.29) is 0 Å². The number of hydrogen-bond acceptors (Lipinski definition) is 3. The molecule has 1 aliphatic carbocycles. The van der Waals surface area contributed by atoms with Crippen molar-refractivity contribution in [3.05, 3.63) is 24.3 Å². The molecular formula is C23H36N3O2+. The highest BCUT2D eigenvalue weighted by Crippen LogP contribution is 2.52. The SMILES string of the molecule is COc1ccc(N2CC[NH+](CC(=O)N3C[C@@]4(C)C[C@@H]3CC(C)(C)C4)CC2)cc1. The first-order valence-electron chi connectivity index (χ1n) is 10.8. The molecule has 2 aliphatic heterocycles. The summed E-state index contributed by atoms with van der Waals surface area (Å²) in [5, 5.41) is 0. The maximum atomic E-state index is 13.1. The molecule has 1 saturated carbocycles. The van der Waals surface area contributed by atoms with Gasteiger partial charge in [-0.15, -0.1) is 0 Å². The van der Waals surface area contributed by atoms with Crippen molar-refractivity contribution in [2.45, 2.75) is 46.1 Å². The number of nitrogens with zero attached hydrogens (tertiary/aromatic N) is 2. The van der Waals surface area contributed by atoms with Gasteiger partial charge in [0.15, 0.2) is 6.54 Å². The van der Waals surface area contributed by atoms with Gasteiger partial charge < -0.3 is 19.4 Å². The van der Waals surface area contributed by atoms with Crippen molar-refractivity contribution in [2.24, 2.45) is 10.8 Å². The summed E-state index contributed by atoms with van der Waals surface area (Å²) in [6.45, 7) is 12.8. The van der Waals surface area contributed by atoms with Gasteiger partial charge in [-0.3, -0.25) is 4.79 Å². The normalized spacial score (nSPS) is 29.8. The van der Waals surface area contributed by atoms with Crippen molar-refractivity contribution in [2.75, 3.05) is 51.3 Å². The van der Waals surface area contributed by atoms with Crippen LogP contribution in [0.25, 0.3) is 0 Å². The van der Waals surface area contributed by atoms with E-state index >= 15 is 0 Å². The second-order valence-electron chi connectivity index (χ2n) is 10.3. The minimum Gasteiger partial charge on any atom is -0.497 e. The van der Waals surface area contributed by atoms with Crippen molar-refractivity contribution < 1.29 is 14.4 Å². The molecule has 5 nitrogen and oxygen atoms in total. The van der Waals surface area contributed by atoms with Crippen LogP contribution in [0.2, 0.25) is 0 Å². The number of rotatable bonds is 4. The van der Waals surface area contributed by atoms with Crippen molar-refractivity contribution >= 4 is 11.6 Å². The van der Waals surface area contributed by atoms with Gasteiger partial charge in [0, 0.05) is 18.3 Å². The van der Waals surface area contributed by atoms with Gasteiger partial charge in [0.05, 0.1) is 33.3 Å². The van der Waals surface area contributed by atoms with Crippen LogP contribution in [0, 0.1) is 10.8 Å². The Morgan fingerprint density at radius 3 is 2.46 bits per heavy atom. The number of quaternary nitrogens is 1. The molecule has 2 saturated heterocycles. The van der Waals surface area contributed by atoms with Crippen LogP contribution in [0.15, 0.2) is 24.3 Å². The minimum atomic E-state index is 0.324. The van der Waals surface area contributed by atoms with Gasteiger partial charge in [-0.1, -0.05) is 20.8 Å². The fourth-order valence-corrected chi connectivity index (χ4v) is 6.12. The zero-order chi connectivity index (χ0) is 19.9. The predicted molar refractivity (Wildman–Crippen MR) is 112 cm³/mol. The van der Waals surface area contributed by atoms with E-state index in [0.29, 0.717) is 29.3 Å². The first-order chi connectivity index (χ1) is 13.3. The second kappa shape index (κ2) is 7.25. The highest BCUT2D eigenvalue weighted by Gasteiger charge is 2.51. The van der Waals surface area contributed by atoms with Gasteiger partial charge in [-0.2, -0.15) is 0 Å². The third kappa shape index (κ3) is 4.00. The molecule has 154 valence electrons. The molecule has 2 bridgehead atoms. The molecule has 1 N–H and O–H groups in total. The molecule has 0 radical (unpaired) electrons. The minimum absolute atomic E-state index is 0.324. The summed E-state index contributed by atoms with van der Waals surface area (Å²) in [6, 6.07) is 8.75. The lowest BCUT2D eigenvalue weighted by molar-refractivity contribution is -0.892. The number of amides is 1. The zero-order valence-corrected chi connectivity index (χ0v) is 18.0. The Hall–Kier alpha value is -1.75. The summed E-state index contributed by atoms with van der Waals surface area (Å²) in [6.07, 6.45) is 3.60. The first-order valence-corrected chi connectivity index (χ1v) is 10.8. The van der Waals surface area contributed by atoms with Crippen LogP contribution in [0.1, 0.15) is 40.0 Å². The van der Waals surface area contributed by atoms with E-state index in [2.05, 4.69) is 42.7 Å². The number of benzene rings is 1. The van der Waals surface area contributed by atoms with Crippen LogP contribution in [0.3, 0.4) is 0 Å². The van der Waals surface area contributed by atoms with Gasteiger partial charge in [0.25, 0.3) is 5.91 Å². The molecule has 3 aliphatic rings. The van der Waals surface area contributed by atoms with Crippen molar-refractivity contribution in [3.8, 4) is 5.75 Å². The summed E-state index contributed by atoms with van der Waals surface area (Å²) in [4.78, 5) is 19.2. The maximum absolute atomic E-state index is 13.1. The highest BCUT2D eigenvalue weighted by atomic mass is 16.5. The van der Waals surface area contributed by atoms with Crippen LogP contribution >= 0.6 is 0 Å². The number of hydrogen-bond donors (Lipinski definition) is 1. The summed E-state index contributed by atoms with van der Waals surface area (Å²) in [5.74, 6) is 1.27.